The van der Waals surface area contributed by atoms with E-state index in [1.165, 1.54) is 7.11 Å². The highest BCUT2D eigenvalue weighted by molar-refractivity contribution is 5.90. The summed E-state index contributed by atoms with van der Waals surface area (Å²) in [6.07, 6.45) is 0.630. The molecule has 0 aliphatic heterocycles. The maximum absolute atomic E-state index is 12.5. The molecule has 0 radical (unpaired) electrons. The summed E-state index contributed by atoms with van der Waals surface area (Å²) < 4.78 is 26.2. The van der Waals surface area contributed by atoms with Crippen LogP contribution in [0.5, 0.6) is 23.0 Å². The molecule has 162 valence electrons. The third kappa shape index (κ3) is 5.45. The number of hydrogen-bond donors (Lipinski definition) is 1. The minimum absolute atomic E-state index is 0.274. The van der Waals surface area contributed by atoms with E-state index in [2.05, 4.69) is 0 Å². The number of aliphatic hydroxyl groups excluding tert-OH is 1. The second kappa shape index (κ2) is 11.1. The van der Waals surface area contributed by atoms with Crippen LogP contribution >= 0.6 is 0 Å². The molecule has 0 aliphatic rings. The van der Waals surface area contributed by atoms with Crippen molar-refractivity contribution in [3.05, 3.63) is 58.7 Å². The Morgan fingerprint density at radius 3 is 1.60 bits per heavy atom. The minimum Gasteiger partial charge on any atom is -0.493 e. The molecule has 1 N–H and O–H groups in total. The van der Waals surface area contributed by atoms with Crippen LogP contribution in [-0.4, -0.2) is 53.2 Å². The van der Waals surface area contributed by atoms with Gasteiger partial charge in [0, 0.05) is 12.0 Å². The molecule has 2 aromatic carbocycles. The minimum atomic E-state index is -0.491. The highest BCUT2D eigenvalue weighted by Crippen LogP contribution is 2.31. The Bertz CT molecular complexity index is 902. The Morgan fingerprint density at radius 1 is 0.733 bits per heavy atom. The van der Waals surface area contributed by atoms with Gasteiger partial charge in [-0.05, 0) is 47.4 Å². The highest BCUT2D eigenvalue weighted by Gasteiger charge is 2.18. The first-order valence-corrected chi connectivity index (χ1v) is 9.33. The molecule has 30 heavy (non-hydrogen) atoms. The van der Waals surface area contributed by atoms with E-state index < -0.39 is 5.97 Å². The summed E-state index contributed by atoms with van der Waals surface area (Å²) in [5.74, 6) is 1.85. The van der Waals surface area contributed by atoms with Gasteiger partial charge in [-0.25, -0.2) is 4.79 Å². The monoisotopic (exact) mass is 416 g/mol. The van der Waals surface area contributed by atoms with Gasteiger partial charge in [0.05, 0.1) is 42.2 Å². The van der Waals surface area contributed by atoms with Gasteiger partial charge >= 0.3 is 5.97 Å². The van der Waals surface area contributed by atoms with Gasteiger partial charge in [-0.3, -0.25) is 0 Å². The van der Waals surface area contributed by atoms with Gasteiger partial charge in [0.15, 0.2) is 23.0 Å². The first kappa shape index (κ1) is 23.1. The fraction of sp³-hybridized carbons (Fsp3) is 0.348. The number of ether oxygens (including phenoxy) is 5. The number of carbonyl (C=O) groups excluding carboxylic acids is 1. The van der Waals surface area contributed by atoms with Gasteiger partial charge in [-0.2, -0.15) is 0 Å². The normalized spacial score (nSPS) is 11.4. The van der Waals surface area contributed by atoms with E-state index in [4.69, 9.17) is 23.7 Å². The fourth-order valence-corrected chi connectivity index (χ4v) is 3.15. The summed E-state index contributed by atoms with van der Waals surface area (Å²) in [6.45, 7) is -0.286. The summed E-state index contributed by atoms with van der Waals surface area (Å²) in [4.78, 5) is 12.5. The third-order valence-corrected chi connectivity index (χ3v) is 4.74. The average molecular weight is 416 g/mol. The Labute approximate surface area is 176 Å². The van der Waals surface area contributed by atoms with Crippen molar-refractivity contribution < 1.29 is 33.6 Å². The van der Waals surface area contributed by atoms with Crippen LogP contribution in [-0.2, 0) is 22.4 Å². The van der Waals surface area contributed by atoms with Gasteiger partial charge in [0.25, 0.3) is 0 Å². The van der Waals surface area contributed by atoms with Crippen molar-refractivity contribution >= 4 is 5.97 Å². The van der Waals surface area contributed by atoms with Gasteiger partial charge < -0.3 is 28.8 Å². The maximum atomic E-state index is 12.5. The number of esters is 1. The van der Waals surface area contributed by atoms with Crippen LogP contribution in [0, 0.1) is 0 Å². The number of hydrogen-bond acceptors (Lipinski definition) is 7. The van der Waals surface area contributed by atoms with Crippen molar-refractivity contribution in [3.8, 4) is 23.0 Å². The topological polar surface area (TPSA) is 83.5 Å². The molecule has 0 aliphatic carbocycles. The lowest BCUT2D eigenvalue weighted by Crippen LogP contribution is -2.14. The summed E-state index contributed by atoms with van der Waals surface area (Å²) >= 11 is 0. The van der Waals surface area contributed by atoms with Gasteiger partial charge in [-0.1, -0.05) is 12.1 Å². The molecule has 2 rings (SSSR count). The molecule has 0 heterocycles. The molecular weight excluding hydrogens is 388 g/mol. The first-order chi connectivity index (χ1) is 14.5. The number of methoxy groups -OCH3 is 5. The van der Waals surface area contributed by atoms with E-state index in [1.54, 1.807) is 46.6 Å². The molecule has 0 bridgehead atoms. The Morgan fingerprint density at radius 2 is 1.20 bits per heavy atom. The van der Waals surface area contributed by atoms with E-state index in [0.29, 0.717) is 40.6 Å². The molecule has 0 aromatic heterocycles. The van der Waals surface area contributed by atoms with E-state index in [1.807, 2.05) is 18.2 Å². The van der Waals surface area contributed by atoms with Gasteiger partial charge in [0.1, 0.15) is 0 Å². The van der Waals surface area contributed by atoms with Crippen molar-refractivity contribution in [1.82, 2.24) is 0 Å². The Kier molecular flexibility index (Phi) is 8.55. The van der Waals surface area contributed by atoms with Crippen LogP contribution in [0.4, 0.5) is 0 Å². The van der Waals surface area contributed by atoms with Crippen LogP contribution < -0.4 is 18.9 Å². The van der Waals surface area contributed by atoms with Gasteiger partial charge in [0.2, 0.25) is 0 Å². The molecule has 2 aromatic rings. The van der Waals surface area contributed by atoms with E-state index in [-0.39, 0.29) is 13.0 Å². The predicted molar refractivity (Wildman–Crippen MR) is 113 cm³/mol. The molecule has 0 saturated carbocycles. The molecule has 0 fully saturated rings. The van der Waals surface area contributed by atoms with Crippen LogP contribution in [0.3, 0.4) is 0 Å². The number of aliphatic hydroxyl groups is 1. The molecule has 0 amide bonds. The Balaban J connectivity index is 2.42. The van der Waals surface area contributed by atoms with E-state index in [9.17, 15) is 9.90 Å². The molecule has 7 heteroatoms. The predicted octanol–water partition coefficient (Wildman–Crippen LogP) is 2.97. The summed E-state index contributed by atoms with van der Waals surface area (Å²) in [7, 11) is 7.55. The van der Waals surface area contributed by atoms with E-state index in [0.717, 1.165) is 11.1 Å². The highest BCUT2D eigenvalue weighted by atomic mass is 16.5. The molecule has 0 atom stereocenters. The summed E-state index contributed by atoms with van der Waals surface area (Å²) in [5, 5.41) is 10.0. The number of carbonyl (C=O) groups is 1. The van der Waals surface area contributed by atoms with Crippen molar-refractivity contribution in [3.63, 3.8) is 0 Å². The molecule has 0 unspecified atom stereocenters. The quantitative estimate of drug-likeness (QED) is 0.471. The SMILES string of the molecule is COC(=O)/C(Cc1ccc(OC)c(OC)c1)=C(\CO)Cc1ccc(OC)c(OC)c1. The lowest BCUT2D eigenvalue weighted by Gasteiger charge is -2.15. The summed E-state index contributed by atoms with van der Waals surface area (Å²) in [5.41, 5.74) is 2.64. The zero-order valence-corrected chi connectivity index (χ0v) is 18.0. The molecule has 7 nitrogen and oxygen atoms in total. The van der Waals surface area contributed by atoms with Crippen LogP contribution in [0.1, 0.15) is 11.1 Å². The van der Waals surface area contributed by atoms with Gasteiger partial charge in [-0.15, -0.1) is 0 Å². The fourth-order valence-electron chi connectivity index (χ4n) is 3.15. The average Bonchev–Trinajstić information content (AvgIpc) is 2.80. The lowest BCUT2D eigenvalue weighted by molar-refractivity contribution is -0.136. The van der Waals surface area contributed by atoms with Crippen LogP contribution in [0.15, 0.2) is 47.5 Å². The van der Waals surface area contributed by atoms with Crippen LogP contribution in [0.25, 0.3) is 0 Å². The number of benzene rings is 2. The zero-order chi connectivity index (χ0) is 22.1. The van der Waals surface area contributed by atoms with Crippen LogP contribution in [0.2, 0.25) is 0 Å². The van der Waals surface area contributed by atoms with Crippen molar-refractivity contribution in [2.75, 3.05) is 42.2 Å². The molecule has 0 spiro atoms. The number of rotatable bonds is 10. The molecule has 0 saturated heterocycles. The van der Waals surface area contributed by atoms with Crippen molar-refractivity contribution in [2.45, 2.75) is 12.8 Å². The third-order valence-electron chi connectivity index (χ3n) is 4.74. The first-order valence-electron chi connectivity index (χ1n) is 9.33. The molecular formula is C23H28O7. The summed E-state index contributed by atoms with van der Waals surface area (Å²) in [6, 6.07) is 10.9. The largest absolute Gasteiger partial charge is 0.493 e. The zero-order valence-electron chi connectivity index (χ0n) is 18.0. The van der Waals surface area contributed by atoms with Crippen molar-refractivity contribution in [2.24, 2.45) is 0 Å². The second-order valence-corrected chi connectivity index (χ2v) is 6.46. The lowest BCUT2D eigenvalue weighted by atomic mass is 9.95. The Hall–Kier alpha value is -3.19. The smallest absolute Gasteiger partial charge is 0.334 e. The second-order valence-electron chi connectivity index (χ2n) is 6.46. The van der Waals surface area contributed by atoms with E-state index >= 15 is 0 Å². The standard InChI is InChI=1S/C23H28O7/c1-26-19-8-6-15(12-21(19)28-3)10-17(14-24)18(23(25)30-5)11-16-7-9-20(27-2)22(13-16)29-4/h6-9,12-13,24H,10-11,14H2,1-5H3/b18-17-. The van der Waals surface area contributed by atoms with Crippen molar-refractivity contribution in [1.29, 1.82) is 0 Å². The maximum Gasteiger partial charge on any atom is 0.334 e.